The van der Waals surface area contributed by atoms with Gasteiger partial charge in [-0.05, 0) is 29.7 Å². The van der Waals surface area contributed by atoms with E-state index in [9.17, 15) is 0 Å². The molecule has 3 rings (SSSR count). The molecule has 3 aromatic rings. The molecular weight excluding hydrogens is 246 g/mol. The first-order chi connectivity index (χ1) is 9.78. The van der Waals surface area contributed by atoms with Crippen molar-refractivity contribution >= 4 is 11.0 Å². The number of aryl methyl sites for hydroxylation is 1. The van der Waals surface area contributed by atoms with Crippen molar-refractivity contribution in [3.63, 3.8) is 0 Å². The fourth-order valence-corrected chi connectivity index (χ4v) is 2.55. The highest BCUT2D eigenvalue weighted by atomic mass is 16.3. The van der Waals surface area contributed by atoms with Gasteiger partial charge in [0.1, 0.15) is 11.3 Å². The summed E-state index contributed by atoms with van der Waals surface area (Å²) in [4.78, 5) is 0. The third-order valence-corrected chi connectivity index (χ3v) is 3.60. The highest BCUT2D eigenvalue weighted by molar-refractivity contribution is 5.77. The van der Waals surface area contributed by atoms with Crippen LogP contribution in [0.2, 0.25) is 0 Å². The van der Waals surface area contributed by atoms with Crippen LogP contribution in [0.25, 0.3) is 11.0 Å². The molecule has 2 N–H and O–H groups in total. The molecule has 1 aromatic heterocycles. The number of hydrogen-bond acceptors (Lipinski definition) is 2. The Labute approximate surface area is 119 Å². The lowest BCUT2D eigenvalue weighted by molar-refractivity contribution is 0.525. The second-order valence-corrected chi connectivity index (χ2v) is 5.16. The average molecular weight is 265 g/mol. The van der Waals surface area contributed by atoms with Gasteiger partial charge < -0.3 is 10.2 Å². The summed E-state index contributed by atoms with van der Waals surface area (Å²) in [6, 6.07) is 18.3. The molecule has 1 atom stereocenters. The largest absolute Gasteiger partial charge is 0.459 e. The molecule has 102 valence electrons. The Kier molecular flexibility index (Phi) is 3.57. The molecule has 0 aliphatic carbocycles. The van der Waals surface area contributed by atoms with Crippen LogP contribution in [-0.4, -0.2) is 0 Å². The molecule has 0 spiro atoms. The van der Waals surface area contributed by atoms with E-state index in [1.807, 2.05) is 30.3 Å². The maximum absolute atomic E-state index is 6.35. The van der Waals surface area contributed by atoms with E-state index < -0.39 is 0 Å². The predicted octanol–water partition coefficient (Wildman–Crippen LogP) is 4.43. The number of furan rings is 1. The lowest BCUT2D eigenvalue weighted by Crippen LogP contribution is -2.11. The number of benzene rings is 2. The van der Waals surface area contributed by atoms with Crippen LogP contribution in [-0.2, 0) is 6.42 Å². The van der Waals surface area contributed by atoms with Crippen LogP contribution in [0, 0.1) is 0 Å². The van der Waals surface area contributed by atoms with Crippen molar-refractivity contribution in [3.8, 4) is 0 Å². The molecule has 0 radical (unpaired) electrons. The Hall–Kier alpha value is -2.06. The summed E-state index contributed by atoms with van der Waals surface area (Å²) < 4.78 is 5.86. The van der Waals surface area contributed by atoms with Crippen molar-refractivity contribution in [2.75, 3.05) is 0 Å². The lowest BCUT2D eigenvalue weighted by atomic mass is 10.0. The van der Waals surface area contributed by atoms with Crippen LogP contribution in [0.5, 0.6) is 0 Å². The lowest BCUT2D eigenvalue weighted by Gasteiger charge is -2.10. The van der Waals surface area contributed by atoms with Gasteiger partial charge in [0.25, 0.3) is 0 Å². The molecule has 20 heavy (non-hydrogen) atoms. The van der Waals surface area contributed by atoms with Crippen molar-refractivity contribution < 1.29 is 4.42 Å². The molecule has 2 heteroatoms. The molecule has 0 bridgehead atoms. The second-order valence-electron chi connectivity index (χ2n) is 5.16. The van der Waals surface area contributed by atoms with Gasteiger partial charge in [-0.1, -0.05) is 55.8 Å². The summed E-state index contributed by atoms with van der Waals surface area (Å²) in [5.41, 5.74) is 9.68. The van der Waals surface area contributed by atoms with Crippen molar-refractivity contribution in [2.45, 2.75) is 25.8 Å². The van der Waals surface area contributed by atoms with Crippen LogP contribution in [0.3, 0.4) is 0 Å². The topological polar surface area (TPSA) is 39.2 Å². The van der Waals surface area contributed by atoms with E-state index in [4.69, 9.17) is 10.2 Å². The SMILES string of the molecule is CCCc1cccc(C(N)c2cc3ccccc3o2)c1. The van der Waals surface area contributed by atoms with Gasteiger partial charge in [0, 0.05) is 5.39 Å². The van der Waals surface area contributed by atoms with Crippen molar-refractivity contribution in [2.24, 2.45) is 5.73 Å². The third kappa shape index (κ3) is 2.47. The Morgan fingerprint density at radius 3 is 2.70 bits per heavy atom. The van der Waals surface area contributed by atoms with Gasteiger partial charge >= 0.3 is 0 Å². The quantitative estimate of drug-likeness (QED) is 0.757. The number of para-hydroxylation sites is 1. The fraction of sp³-hybridized carbons (Fsp3) is 0.222. The average Bonchev–Trinajstić information content (AvgIpc) is 2.91. The molecule has 0 saturated heterocycles. The van der Waals surface area contributed by atoms with Gasteiger partial charge in [-0.15, -0.1) is 0 Å². The molecule has 0 fully saturated rings. The zero-order chi connectivity index (χ0) is 13.9. The number of rotatable bonds is 4. The highest BCUT2D eigenvalue weighted by Crippen LogP contribution is 2.27. The molecule has 0 aliphatic rings. The van der Waals surface area contributed by atoms with E-state index in [2.05, 4.69) is 31.2 Å². The Morgan fingerprint density at radius 1 is 1.05 bits per heavy atom. The summed E-state index contributed by atoms with van der Waals surface area (Å²) >= 11 is 0. The summed E-state index contributed by atoms with van der Waals surface area (Å²) in [6.07, 6.45) is 2.23. The van der Waals surface area contributed by atoms with Crippen LogP contribution in [0.1, 0.15) is 36.3 Å². The predicted molar refractivity (Wildman–Crippen MR) is 82.7 cm³/mol. The minimum Gasteiger partial charge on any atom is -0.459 e. The van der Waals surface area contributed by atoms with E-state index >= 15 is 0 Å². The first-order valence-corrected chi connectivity index (χ1v) is 7.11. The molecule has 2 aromatic carbocycles. The summed E-state index contributed by atoms with van der Waals surface area (Å²) in [5.74, 6) is 0.819. The molecule has 0 aliphatic heterocycles. The Bertz CT molecular complexity index is 681. The molecule has 0 saturated carbocycles. The van der Waals surface area contributed by atoms with Gasteiger partial charge in [-0.25, -0.2) is 0 Å². The molecule has 0 amide bonds. The van der Waals surface area contributed by atoms with E-state index in [-0.39, 0.29) is 6.04 Å². The number of hydrogen-bond donors (Lipinski definition) is 1. The van der Waals surface area contributed by atoms with E-state index in [1.165, 1.54) is 5.56 Å². The van der Waals surface area contributed by atoms with Crippen molar-refractivity contribution in [1.82, 2.24) is 0 Å². The summed E-state index contributed by atoms with van der Waals surface area (Å²) in [7, 11) is 0. The van der Waals surface area contributed by atoms with Crippen LogP contribution >= 0.6 is 0 Å². The zero-order valence-corrected chi connectivity index (χ0v) is 11.7. The van der Waals surface area contributed by atoms with Crippen molar-refractivity contribution in [1.29, 1.82) is 0 Å². The summed E-state index contributed by atoms with van der Waals surface area (Å²) in [6.45, 7) is 2.19. The molecule has 1 unspecified atom stereocenters. The second kappa shape index (κ2) is 5.51. The van der Waals surface area contributed by atoms with Gasteiger partial charge in [0.05, 0.1) is 6.04 Å². The van der Waals surface area contributed by atoms with Crippen LogP contribution < -0.4 is 5.73 Å². The van der Waals surface area contributed by atoms with Crippen molar-refractivity contribution in [3.05, 3.63) is 71.5 Å². The summed E-state index contributed by atoms with van der Waals surface area (Å²) in [5, 5.41) is 1.10. The van der Waals surface area contributed by atoms with Crippen LogP contribution in [0.15, 0.2) is 59.0 Å². The van der Waals surface area contributed by atoms with E-state index in [1.54, 1.807) is 0 Å². The Morgan fingerprint density at radius 2 is 1.90 bits per heavy atom. The molecular formula is C18H19NO. The van der Waals surface area contributed by atoms with E-state index in [0.717, 1.165) is 35.1 Å². The standard InChI is InChI=1S/C18H19NO/c1-2-6-13-7-5-9-15(11-13)18(19)17-12-14-8-3-4-10-16(14)20-17/h3-5,7-12,18H,2,6,19H2,1H3. The highest BCUT2D eigenvalue weighted by Gasteiger charge is 2.14. The first-order valence-electron chi connectivity index (χ1n) is 7.11. The first kappa shape index (κ1) is 12.9. The number of nitrogens with two attached hydrogens (primary N) is 1. The minimum absolute atomic E-state index is 0.209. The monoisotopic (exact) mass is 265 g/mol. The van der Waals surface area contributed by atoms with Gasteiger partial charge in [-0.3, -0.25) is 0 Å². The Balaban J connectivity index is 1.94. The fourth-order valence-electron chi connectivity index (χ4n) is 2.55. The van der Waals surface area contributed by atoms with Crippen LogP contribution in [0.4, 0.5) is 0 Å². The molecule has 2 nitrogen and oxygen atoms in total. The smallest absolute Gasteiger partial charge is 0.134 e. The van der Waals surface area contributed by atoms with E-state index in [0.29, 0.717) is 0 Å². The van der Waals surface area contributed by atoms with Gasteiger partial charge in [-0.2, -0.15) is 0 Å². The minimum atomic E-state index is -0.209. The van der Waals surface area contributed by atoms with Gasteiger partial charge in [0.15, 0.2) is 0 Å². The maximum Gasteiger partial charge on any atom is 0.134 e. The number of fused-ring (bicyclic) bond motifs is 1. The molecule has 1 heterocycles. The third-order valence-electron chi connectivity index (χ3n) is 3.60. The maximum atomic E-state index is 6.35. The van der Waals surface area contributed by atoms with Gasteiger partial charge in [0.2, 0.25) is 0 Å². The zero-order valence-electron chi connectivity index (χ0n) is 11.7. The normalized spacial score (nSPS) is 12.7.